The first kappa shape index (κ1) is 16.8. The molecule has 2 atom stereocenters. The Hall–Kier alpha value is -2.07. The molecule has 128 valence electrons. The molecule has 1 saturated heterocycles. The van der Waals surface area contributed by atoms with Crippen molar-refractivity contribution in [2.45, 2.75) is 51.2 Å². The number of likely N-dealkylation sites (tertiary alicyclic amines) is 1. The van der Waals surface area contributed by atoms with Crippen LogP contribution in [0.5, 0.6) is 0 Å². The molecule has 1 aliphatic rings. The summed E-state index contributed by atoms with van der Waals surface area (Å²) >= 11 is 0. The highest BCUT2D eigenvalue weighted by Crippen LogP contribution is 2.32. The summed E-state index contributed by atoms with van der Waals surface area (Å²) in [5.74, 6) is 1.72. The van der Waals surface area contributed by atoms with Crippen molar-refractivity contribution in [3.63, 3.8) is 0 Å². The fraction of sp³-hybridized carbons (Fsp3) is 0.450. The van der Waals surface area contributed by atoms with Crippen LogP contribution in [-0.4, -0.2) is 22.5 Å². The Kier molecular flexibility index (Phi) is 5.36. The third kappa shape index (κ3) is 3.88. The number of benzene rings is 1. The highest BCUT2D eigenvalue weighted by molar-refractivity contribution is 5.77. The van der Waals surface area contributed by atoms with E-state index in [0.29, 0.717) is 0 Å². The molecule has 0 aliphatic carbocycles. The average molecular weight is 327 g/mol. The smallest absolute Gasteiger partial charge is 0.226 e. The van der Waals surface area contributed by atoms with Crippen molar-refractivity contribution in [3.8, 4) is 0 Å². The summed E-state index contributed by atoms with van der Waals surface area (Å²) in [5, 5.41) is 10.4. The van der Waals surface area contributed by atoms with E-state index in [9.17, 15) is 9.90 Å². The molecule has 1 aliphatic heterocycles. The molecule has 0 bridgehead atoms. The topological polar surface area (TPSA) is 53.7 Å². The van der Waals surface area contributed by atoms with Gasteiger partial charge in [0.2, 0.25) is 5.91 Å². The standard InChI is InChI=1S/C20H25NO3/c1-15-11-12-19(24-15)17-10-6-3-7-13-21(17)20(23)14-18(22)16-8-4-2-5-9-16/h2,4-5,8-9,11-12,17-18,22H,3,6-7,10,13-14H2,1H3. The highest BCUT2D eigenvalue weighted by Gasteiger charge is 2.30. The SMILES string of the molecule is Cc1ccc(C2CCCCCN2C(=O)CC(O)c2ccccc2)o1. The van der Waals surface area contributed by atoms with E-state index in [-0.39, 0.29) is 18.4 Å². The zero-order valence-electron chi connectivity index (χ0n) is 14.1. The van der Waals surface area contributed by atoms with Crippen molar-refractivity contribution in [2.24, 2.45) is 0 Å². The van der Waals surface area contributed by atoms with Crippen LogP contribution >= 0.6 is 0 Å². The Labute approximate surface area is 143 Å². The maximum atomic E-state index is 12.8. The van der Waals surface area contributed by atoms with Crippen LogP contribution in [0.3, 0.4) is 0 Å². The van der Waals surface area contributed by atoms with Gasteiger partial charge < -0.3 is 14.4 Å². The van der Waals surface area contributed by atoms with Crippen LogP contribution in [0.25, 0.3) is 0 Å². The Balaban J connectivity index is 1.75. The minimum atomic E-state index is -0.763. The van der Waals surface area contributed by atoms with Gasteiger partial charge in [0, 0.05) is 6.54 Å². The lowest BCUT2D eigenvalue weighted by Crippen LogP contribution is -2.35. The second kappa shape index (κ2) is 7.67. The molecule has 1 N–H and O–H groups in total. The monoisotopic (exact) mass is 327 g/mol. The van der Waals surface area contributed by atoms with Crippen LogP contribution in [0.1, 0.15) is 61.3 Å². The van der Waals surface area contributed by atoms with Gasteiger partial charge in [-0.2, -0.15) is 0 Å². The molecular weight excluding hydrogens is 302 g/mol. The molecule has 0 spiro atoms. The molecule has 2 aromatic rings. The minimum Gasteiger partial charge on any atom is -0.464 e. The van der Waals surface area contributed by atoms with Gasteiger partial charge >= 0.3 is 0 Å². The zero-order chi connectivity index (χ0) is 16.9. The number of amides is 1. The second-order valence-corrected chi connectivity index (χ2v) is 6.53. The van der Waals surface area contributed by atoms with Gasteiger partial charge in [0.05, 0.1) is 18.6 Å². The van der Waals surface area contributed by atoms with E-state index in [2.05, 4.69) is 0 Å². The number of aliphatic hydroxyl groups is 1. The van der Waals surface area contributed by atoms with E-state index in [1.54, 1.807) is 0 Å². The summed E-state index contributed by atoms with van der Waals surface area (Å²) in [4.78, 5) is 14.7. The number of rotatable bonds is 4. The quantitative estimate of drug-likeness (QED) is 0.917. The van der Waals surface area contributed by atoms with Gasteiger partial charge in [0.25, 0.3) is 0 Å². The number of carbonyl (C=O) groups excluding carboxylic acids is 1. The normalized spacial score (nSPS) is 19.8. The number of nitrogens with zero attached hydrogens (tertiary/aromatic N) is 1. The van der Waals surface area contributed by atoms with Crippen molar-refractivity contribution in [1.29, 1.82) is 0 Å². The van der Waals surface area contributed by atoms with Crippen LogP contribution in [-0.2, 0) is 4.79 Å². The molecule has 2 heterocycles. The lowest BCUT2D eigenvalue weighted by atomic mass is 10.0. The lowest BCUT2D eigenvalue weighted by Gasteiger charge is -2.29. The van der Waals surface area contributed by atoms with Gasteiger partial charge in [-0.3, -0.25) is 4.79 Å². The zero-order valence-corrected chi connectivity index (χ0v) is 14.1. The van der Waals surface area contributed by atoms with Gasteiger partial charge in [-0.15, -0.1) is 0 Å². The third-order valence-corrected chi connectivity index (χ3v) is 4.72. The van der Waals surface area contributed by atoms with Crippen molar-refractivity contribution < 1.29 is 14.3 Å². The number of hydrogen-bond acceptors (Lipinski definition) is 3. The summed E-state index contributed by atoms with van der Waals surface area (Å²) < 4.78 is 5.79. The van der Waals surface area contributed by atoms with Crippen molar-refractivity contribution in [1.82, 2.24) is 4.90 Å². The fourth-order valence-electron chi connectivity index (χ4n) is 3.41. The van der Waals surface area contributed by atoms with Gasteiger partial charge in [-0.25, -0.2) is 0 Å². The van der Waals surface area contributed by atoms with E-state index in [1.807, 2.05) is 54.3 Å². The molecular formula is C20H25NO3. The van der Waals surface area contributed by atoms with Crippen molar-refractivity contribution >= 4 is 5.91 Å². The number of aryl methyl sites for hydroxylation is 1. The molecule has 0 radical (unpaired) electrons. The molecule has 2 unspecified atom stereocenters. The van der Waals surface area contributed by atoms with Gasteiger partial charge in [-0.05, 0) is 37.5 Å². The maximum absolute atomic E-state index is 12.8. The van der Waals surface area contributed by atoms with Crippen LogP contribution in [0.15, 0.2) is 46.9 Å². The van der Waals surface area contributed by atoms with Crippen LogP contribution < -0.4 is 0 Å². The minimum absolute atomic E-state index is 0.00712. The van der Waals surface area contributed by atoms with E-state index in [4.69, 9.17) is 4.42 Å². The molecule has 0 saturated carbocycles. The van der Waals surface area contributed by atoms with Crippen LogP contribution in [0.2, 0.25) is 0 Å². The second-order valence-electron chi connectivity index (χ2n) is 6.53. The van der Waals surface area contributed by atoms with Crippen LogP contribution in [0.4, 0.5) is 0 Å². The Morgan fingerprint density at radius 2 is 2.00 bits per heavy atom. The summed E-state index contributed by atoms with van der Waals surface area (Å²) in [6, 6.07) is 13.3. The molecule has 1 amide bonds. The predicted octanol–water partition coefficient (Wildman–Crippen LogP) is 4.16. The first-order valence-electron chi connectivity index (χ1n) is 8.74. The summed E-state index contributed by atoms with van der Waals surface area (Å²) in [7, 11) is 0. The molecule has 3 rings (SSSR count). The van der Waals surface area contributed by atoms with Gasteiger partial charge in [0.15, 0.2) is 0 Å². The number of carbonyl (C=O) groups is 1. The van der Waals surface area contributed by atoms with E-state index < -0.39 is 6.10 Å². The highest BCUT2D eigenvalue weighted by atomic mass is 16.3. The van der Waals surface area contributed by atoms with E-state index in [0.717, 1.165) is 49.3 Å². The van der Waals surface area contributed by atoms with Crippen molar-refractivity contribution in [2.75, 3.05) is 6.54 Å². The van der Waals surface area contributed by atoms with Gasteiger partial charge in [0.1, 0.15) is 11.5 Å². The number of hydrogen-bond donors (Lipinski definition) is 1. The largest absolute Gasteiger partial charge is 0.464 e. The van der Waals surface area contributed by atoms with E-state index in [1.165, 1.54) is 0 Å². The van der Waals surface area contributed by atoms with Gasteiger partial charge in [-0.1, -0.05) is 43.2 Å². The van der Waals surface area contributed by atoms with Crippen LogP contribution in [0, 0.1) is 6.92 Å². The summed E-state index contributed by atoms with van der Waals surface area (Å²) in [6.45, 7) is 2.65. The summed E-state index contributed by atoms with van der Waals surface area (Å²) in [6.07, 6.45) is 3.49. The maximum Gasteiger partial charge on any atom is 0.226 e. The predicted molar refractivity (Wildman–Crippen MR) is 92.4 cm³/mol. The Morgan fingerprint density at radius 3 is 2.71 bits per heavy atom. The van der Waals surface area contributed by atoms with Crippen molar-refractivity contribution in [3.05, 3.63) is 59.5 Å². The average Bonchev–Trinajstić information content (AvgIpc) is 2.87. The first-order chi connectivity index (χ1) is 11.6. The molecule has 1 aromatic heterocycles. The molecule has 24 heavy (non-hydrogen) atoms. The molecule has 4 heteroatoms. The number of aliphatic hydroxyl groups excluding tert-OH is 1. The lowest BCUT2D eigenvalue weighted by molar-refractivity contribution is -0.136. The molecule has 4 nitrogen and oxygen atoms in total. The third-order valence-electron chi connectivity index (χ3n) is 4.72. The van der Waals surface area contributed by atoms with E-state index >= 15 is 0 Å². The first-order valence-corrected chi connectivity index (χ1v) is 8.74. The number of furan rings is 1. The molecule has 1 aromatic carbocycles. The fourth-order valence-corrected chi connectivity index (χ4v) is 3.41. The Morgan fingerprint density at radius 1 is 1.21 bits per heavy atom. The summed E-state index contributed by atoms with van der Waals surface area (Å²) in [5.41, 5.74) is 0.783. The molecule has 1 fully saturated rings. The Bertz CT molecular complexity index is 665.